The van der Waals surface area contributed by atoms with Crippen molar-refractivity contribution in [3.63, 3.8) is 0 Å². The minimum absolute atomic E-state index is 0.0368. The van der Waals surface area contributed by atoms with Gasteiger partial charge in [-0.25, -0.2) is 9.50 Å². The quantitative estimate of drug-likeness (QED) is 0.722. The van der Waals surface area contributed by atoms with Crippen LogP contribution in [-0.4, -0.2) is 70.2 Å². The number of aromatic amines is 1. The molecule has 2 aliphatic heterocycles. The van der Waals surface area contributed by atoms with Crippen molar-refractivity contribution in [2.45, 2.75) is 51.0 Å². The average molecular weight is 440 g/mol. The number of nitrogens with one attached hydrogen (secondary N) is 1. The number of aromatic nitrogens is 3. The number of methoxy groups -OCH3 is 1. The molecule has 4 heterocycles. The molecule has 172 valence electrons. The van der Waals surface area contributed by atoms with Crippen LogP contribution in [0.25, 0.3) is 5.65 Å². The number of carbonyl (C=O) groups excluding carboxylic acids is 1. The summed E-state index contributed by atoms with van der Waals surface area (Å²) in [6, 6.07) is 2.05. The van der Waals surface area contributed by atoms with E-state index < -0.39 is 0 Å². The maximum absolute atomic E-state index is 13.2. The summed E-state index contributed by atoms with van der Waals surface area (Å²) in [5.74, 6) is 1.13. The van der Waals surface area contributed by atoms with E-state index in [-0.39, 0.29) is 18.1 Å². The number of nitrogens with zero attached hydrogens (tertiary/aromatic N) is 4. The van der Waals surface area contributed by atoms with Crippen molar-refractivity contribution in [3.05, 3.63) is 45.5 Å². The lowest BCUT2D eigenvalue weighted by molar-refractivity contribution is -0.136. The Morgan fingerprint density at radius 1 is 1.22 bits per heavy atom. The highest BCUT2D eigenvalue weighted by atomic mass is 16.5. The third kappa shape index (κ3) is 4.26. The Kier molecular flexibility index (Phi) is 6.15. The van der Waals surface area contributed by atoms with Crippen LogP contribution in [0, 0.1) is 5.92 Å². The summed E-state index contributed by atoms with van der Waals surface area (Å²) in [6.07, 6.45) is 11.2. The molecule has 1 N–H and O–H groups in total. The van der Waals surface area contributed by atoms with Crippen LogP contribution < -0.4 is 5.56 Å². The second-order valence-corrected chi connectivity index (χ2v) is 9.47. The Morgan fingerprint density at radius 3 is 2.81 bits per heavy atom. The van der Waals surface area contributed by atoms with Crippen molar-refractivity contribution in [3.8, 4) is 0 Å². The molecule has 1 atom stereocenters. The molecule has 1 amide bonds. The summed E-state index contributed by atoms with van der Waals surface area (Å²) in [4.78, 5) is 34.4. The summed E-state index contributed by atoms with van der Waals surface area (Å²) in [6.45, 7) is 4.33. The average Bonchev–Trinajstić information content (AvgIpc) is 3.25. The SMILES string of the molecule is COCC(=O)N1CCc2nc3cc(C4CCN(C[C@@H]5CC=CCC5)CC4)[nH]n3c(=O)c2C1. The van der Waals surface area contributed by atoms with E-state index in [0.29, 0.717) is 36.6 Å². The highest BCUT2D eigenvalue weighted by Gasteiger charge is 2.27. The van der Waals surface area contributed by atoms with E-state index in [0.717, 1.165) is 43.2 Å². The Morgan fingerprint density at radius 2 is 2.06 bits per heavy atom. The van der Waals surface area contributed by atoms with Gasteiger partial charge in [0.1, 0.15) is 6.61 Å². The third-order valence-electron chi connectivity index (χ3n) is 7.32. The fourth-order valence-electron chi connectivity index (χ4n) is 5.45. The largest absolute Gasteiger partial charge is 0.375 e. The number of ether oxygens (including phenoxy) is 1. The third-order valence-corrected chi connectivity index (χ3v) is 7.32. The number of fused-ring (bicyclic) bond motifs is 2. The number of likely N-dealkylation sites (tertiary alicyclic amines) is 1. The summed E-state index contributed by atoms with van der Waals surface area (Å²) in [7, 11) is 1.51. The molecule has 0 bridgehead atoms. The fourth-order valence-corrected chi connectivity index (χ4v) is 5.45. The maximum Gasteiger partial charge on any atom is 0.277 e. The van der Waals surface area contributed by atoms with Gasteiger partial charge in [-0.2, -0.15) is 0 Å². The standard InChI is InChI=1S/C24H33N5O3/c1-32-16-23(30)28-12-9-20-19(15-28)24(31)29-22(25-20)13-21(26-29)18-7-10-27(11-8-18)14-17-5-3-2-4-6-17/h2-3,13,17-18,26H,4-12,14-16H2,1H3/t17-/m1/s1. The van der Waals surface area contributed by atoms with Crippen LogP contribution in [0.5, 0.6) is 0 Å². The van der Waals surface area contributed by atoms with Gasteiger partial charge in [0.15, 0.2) is 5.65 Å². The summed E-state index contributed by atoms with van der Waals surface area (Å²) in [5.41, 5.74) is 3.14. The molecule has 5 rings (SSSR count). The van der Waals surface area contributed by atoms with E-state index in [1.54, 1.807) is 9.42 Å². The van der Waals surface area contributed by atoms with Crippen molar-refractivity contribution in [1.82, 2.24) is 24.4 Å². The van der Waals surface area contributed by atoms with Gasteiger partial charge in [0.05, 0.1) is 17.8 Å². The first-order valence-corrected chi connectivity index (χ1v) is 11.9. The Balaban J connectivity index is 1.28. The van der Waals surface area contributed by atoms with Crippen LogP contribution in [-0.2, 0) is 22.5 Å². The van der Waals surface area contributed by atoms with Crippen LogP contribution in [0.15, 0.2) is 23.0 Å². The first kappa shape index (κ1) is 21.4. The van der Waals surface area contributed by atoms with Gasteiger partial charge in [-0.3, -0.25) is 14.7 Å². The maximum atomic E-state index is 13.2. The van der Waals surface area contributed by atoms with Crippen LogP contribution in [0.3, 0.4) is 0 Å². The number of amides is 1. The van der Waals surface area contributed by atoms with E-state index in [2.05, 4.69) is 28.2 Å². The van der Waals surface area contributed by atoms with Crippen molar-refractivity contribution in [1.29, 1.82) is 0 Å². The number of hydrogen-bond acceptors (Lipinski definition) is 5. The zero-order valence-electron chi connectivity index (χ0n) is 18.9. The molecule has 1 fully saturated rings. The second kappa shape index (κ2) is 9.19. The second-order valence-electron chi connectivity index (χ2n) is 9.47. The molecule has 0 aromatic carbocycles. The Labute approximate surface area is 188 Å². The van der Waals surface area contributed by atoms with Crippen LogP contribution in [0.2, 0.25) is 0 Å². The van der Waals surface area contributed by atoms with Gasteiger partial charge in [0.2, 0.25) is 5.91 Å². The molecule has 1 aliphatic carbocycles. The lowest BCUT2D eigenvalue weighted by atomic mass is 9.90. The molecule has 0 radical (unpaired) electrons. The molecule has 3 aliphatic rings. The number of piperidine rings is 1. The minimum Gasteiger partial charge on any atom is -0.375 e. The number of hydrogen-bond donors (Lipinski definition) is 1. The lowest BCUT2D eigenvalue weighted by Gasteiger charge is -2.34. The Bertz CT molecular complexity index is 1060. The van der Waals surface area contributed by atoms with Crippen molar-refractivity contribution in [2.24, 2.45) is 5.92 Å². The molecule has 0 spiro atoms. The van der Waals surface area contributed by atoms with Gasteiger partial charge in [-0.05, 0) is 51.1 Å². The van der Waals surface area contributed by atoms with E-state index in [1.165, 1.54) is 32.9 Å². The number of allylic oxidation sites excluding steroid dienone is 2. The molecule has 0 saturated carbocycles. The zero-order valence-corrected chi connectivity index (χ0v) is 18.9. The molecule has 0 unspecified atom stereocenters. The number of rotatable bonds is 5. The summed E-state index contributed by atoms with van der Waals surface area (Å²) >= 11 is 0. The molecule has 1 saturated heterocycles. The van der Waals surface area contributed by atoms with Gasteiger partial charge in [-0.1, -0.05) is 12.2 Å². The van der Waals surface area contributed by atoms with E-state index in [1.807, 2.05) is 0 Å². The molecular weight excluding hydrogens is 406 g/mol. The van der Waals surface area contributed by atoms with Crippen LogP contribution in [0.4, 0.5) is 0 Å². The molecular formula is C24H33N5O3. The highest BCUT2D eigenvalue weighted by molar-refractivity contribution is 5.77. The van der Waals surface area contributed by atoms with Gasteiger partial charge in [0, 0.05) is 44.3 Å². The zero-order chi connectivity index (χ0) is 22.1. The van der Waals surface area contributed by atoms with Gasteiger partial charge >= 0.3 is 0 Å². The number of H-pyrrole nitrogens is 1. The molecule has 8 heteroatoms. The topological polar surface area (TPSA) is 82.9 Å². The predicted molar refractivity (Wildman–Crippen MR) is 122 cm³/mol. The highest BCUT2D eigenvalue weighted by Crippen LogP contribution is 2.29. The first-order valence-electron chi connectivity index (χ1n) is 11.9. The lowest BCUT2D eigenvalue weighted by Crippen LogP contribution is -2.41. The monoisotopic (exact) mass is 439 g/mol. The fraction of sp³-hybridized carbons (Fsp3) is 0.625. The van der Waals surface area contributed by atoms with E-state index in [9.17, 15) is 9.59 Å². The van der Waals surface area contributed by atoms with E-state index in [4.69, 9.17) is 9.72 Å². The van der Waals surface area contributed by atoms with Gasteiger partial charge in [0.25, 0.3) is 5.56 Å². The predicted octanol–water partition coefficient (Wildman–Crippen LogP) is 2.09. The molecule has 8 nitrogen and oxygen atoms in total. The molecule has 2 aromatic heterocycles. The normalized spacial score (nSPS) is 22.4. The van der Waals surface area contributed by atoms with Crippen molar-refractivity contribution < 1.29 is 9.53 Å². The summed E-state index contributed by atoms with van der Waals surface area (Å²) < 4.78 is 6.53. The molecule has 32 heavy (non-hydrogen) atoms. The number of carbonyl (C=O) groups is 1. The summed E-state index contributed by atoms with van der Waals surface area (Å²) in [5, 5.41) is 3.34. The van der Waals surface area contributed by atoms with Crippen LogP contribution >= 0.6 is 0 Å². The molecule has 2 aromatic rings. The van der Waals surface area contributed by atoms with Gasteiger partial charge < -0.3 is 14.5 Å². The first-order chi connectivity index (χ1) is 15.6. The minimum atomic E-state index is -0.0918. The van der Waals surface area contributed by atoms with Crippen molar-refractivity contribution >= 4 is 11.6 Å². The van der Waals surface area contributed by atoms with E-state index >= 15 is 0 Å². The van der Waals surface area contributed by atoms with Crippen molar-refractivity contribution in [2.75, 3.05) is 39.9 Å². The smallest absolute Gasteiger partial charge is 0.277 e. The van der Waals surface area contributed by atoms with Crippen LogP contribution in [0.1, 0.15) is 55.0 Å². The van der Waals surface area contributed by atoms with Gasteiger partial charge in [-0.15, -0.1) is 0 Å². The Hall–Kier alpha value is -2.45.